The van der Waals surface area contributed by atoms with Gasteiger partial charge in [-0.05, 0) is 24.8 Å². The van der Waals surface area contributed by atoms with E-state index in [1.165, 1.54) is 0 Å². The zero-order chi connectivity index (χ0) is 13.6. The molecule has 2 aromatic heterocycles. The monoisotopic (exact) mass is 255 g/mol. The average molecular weight is 255 g/mol. The molecule has 2 heterocycles. The molecule has 0 saturated carbocycles. The molecule has 0 spiro atoms. The molecule has 1 aliphatic rings. The number of carbonyl (C=O) groups excluding carboxylic acids is 1. The summed E-state index contributed by atoms with van der Waals surface area (Å²) in [6.45, 7) is 6.28. The quantitative estimate of drug-likeness (QED) is 0.787. The third-order valence-corrected chi connectivity index (χ3v) is 3.65. The number of carbonyl (C=O) groups is 1. The van der Waals surface area contributed by atoms with E-state index in [1.807, 2.05) is 13.0 Å². The molecule has 1 aliphatic carbocycles. The molecule has 0 bridgehead atoms. The van der Waals surface area contributed by atoms with Gasteiger partial charge in [0.1, 0.15) is 0 Å². The summed E-state index contributed by atoms with van der Waals surface area (Å²) in [4.78, 5) is 20.7. The number of aryl methyl sites for hydroxylation is 1. The van der Waals surface area contributed by atoms with E-state index < -0.39 is 0 Å². The van der Waals surface area contributed by atoms with Crippen LogP contribution in [0.2, 0.25) is 0 Å². The first-order valence-corrected chi connectivity index (χ1v) is 6.49. The summed E-state index contributed by atoms with van der Waals surface area (Å²) in [5.41, 5.74) is 2.97. The summed E-state index contributed by atoms with van der Waals surface area (Å²) in [5, 5.41) is 0. The normalized spacial score (nSPS) is 17.3. The molecule has 4 nitrogen and oxygen atoms in total. The first-order valence-electron chi connectivity index (χ1n) is 6.49. The van der Waals surface area contributed by atoms with Crippen molar-refractivity contribution in [2.24, 2.45) is 5.41 Å². The fourth-order valence-corrected chi connectivity index (χ4v) is 2.88. The molecule has 4 heteroatoms. The van der Waals surface area contributed by atoms with Crippen molar-refractivity contribution < 1.29 is 4.79 Å². The van der Waals surface area contributed by atoms with E-state index in [-0.39, 0.29) is 11.2 Å². The molecule has 19 heavy (non-hydrogen) atoms. The highest BCUT2D eigenvalue weighted by Gasteiger charge is 2.34. The third kappa shape index (κ3) is 1.97. The molecule has 0 aliphatic heterocycles. The molecular weight excluding hydrogens is 238 g/mol. The molecule has 0 aromatic carbocycles. The van der Waals surface area contributed by atoms with Crippen LogP contribution in [0, 0.1) is 12.3 Å². The summed E-state index contributed by atoms with van der Waals surface area (Å²) in [6, 6.07) is 1.97. The first-order chi connectivity index (χ1) is 8.98. The van der Waals surface area contributed by atoms with Crippen LogP contribution in [0.15, 0.2) is 24.7 Å². The molecule has 0 unspecified atom stereocenters. The Hall–Kier alpha value is -1.97. The summed E-state index contributed by atoms with van der Waals surface area (Å²) < 4.78 is 2.06. The van der Waals surface area contributed by atoms with Crippen molar-refractivity contribution in [3.05, 3.63) is 41.6 Å². The lowest BCUT2D eigenvalue weighted by atomic mass is 9.76. The lowest BCUT2D eigenvalue weighted by molar-refractivity contribution is 0.0911. The Bertz CT molecular complexity index is 641. The molecule has 0 radical (unpaired) electrons. The summed E-state index contributed by atoms with van der Waals surface area (Å²) in [5.74, 6) is 1.02. The molecule has 98 valence electrons. The number of ketones is 1. The molecule has 0 saturated heterocycles. The molecular formula is C15H17N3O. The van der Waals surface area contributed by atoms with Gasteiger partial charge in [-0.2, -0.15) is 0 Å². The minimum absolute atomic E-state index is 0.00877. The number of rotatable bonds is 1. The highest BCUT2D eigenvalue weighted by atomic mass is 16.1. The van der Waals surface area contributed by atoms with Crippen LogP contribution in [0.3, 0.4) is 0 Å². The fraction of sp³-hybridized carbons (Fsp3) is 0.400. The highest BCUT2D eigenvalue weighted by molar-refractivity contribution is 5.99. The van der Waals surface area contributed by atoms with Crippen molar-refractivity contribution >= 4 is 5.78 Å². The predicted octanol–water partition coefficient (Wildman–Crippen LogP) is 2.73. The first kappa shape index (κ1) is 12.1. The molecule has 0 fully saturated rings. The topological polar surface area (TPSA) is 47.8 Å². The van der Waals surface area contributed by atoms with Gasteiger partial charge in [-0.15, -0.1) is 0 Å². The van der Waals surface area contributed by atoms with Crippen molar-refractivity contribution in [2.75, 3.05) is 0 Å². The Morgan fingerprint density at radius 2 is 2.05 bits per heavy atom. The van der Waals surface area contributed by atoms with Crippen molar-refractivity contribution in [1.82, 2.24) is 14.5 Å². The Balaban J connectivity index is 2.21. The fourth-order valence-electron chi connectivity index (χ4n) is 2.88. The van der Waals surface area contributed by atoms with Crippen LogP contribution in [0.4, 0.5) is 0 Å². The van der Waals surface area contributed by atoms with Gasteiger partial charge in [0.2, 0.25) is 0 Å². The van der Waals surface area contributed by atoms with E-state index in [2.05, 4.69) is 28.4 Å². The van der Waals surface area contributed by atoms with E-state index >= 15 is 0 Å². The maximum absolute atomic E-state index is 12.2. The second-order valence-electron chi connectivity index (χ2n) is 5.99. The minimum atomic E-state index is 0.00877. The van der Waals surface area contributed by atoms with Gasteiger partial charge in [0.25, 0.3) is 0 Å². The number of hydrogen-bond donors (Lipinski definition) is 0. The van der Waals surface area contributed by atoms with Gasteiger partial charge in [0, 0.05) is 35.8 Å². The van der Waals surface area contributed by atoms with Gasteiger partial charge in [-0.25, -0.2) is 4.98 Å². The number of aromatic nitrogens is 3. The molecule has 0 amide bonds. The summed E-state index contributed by atoms with van der Waals surface area (Å²) in [7, 11) is 0. The van der Waals surface area contributed by atoms with Gasteiger partial charge in [-0.1, -0.05) is 13.8 Å². The number of hydrogen-bond acceptors (Lipinski definition) is 3. The smallest absolute Gasteiger partial charge is 0.165 e. The van der Waals surface area contributed by atoms with E-state index in [9.17, 15) is 4.79 Å². The minimum Gasteiger partial charge on any atom is -0.301 e. The van der Waals surface area contributed by atoms with Crippen LogP contribution < -0.4 is 0 Å². The Kier molecular flexibility index (Phi) is 2.55. The van der Waals surface area contributed by atoms with E-state index in [0.29, 0.717) is 6.42 Å². The van der Waals surface area contributed by atoms with Crippen LogP contribution in [-0.4, -0.2) is 20.3 Å². The Morgan fingerprint density at radius 1 is 1.26 bits per heavy atom. The maximum atomic E-state index is 12.2. The lowest BCUT2D eigenvalue weighted by Gasteiger charge is -2.29. The lowest BCUT2D eigenvalue weighted by Crippen LogP contribution is -2.28. The number of Topliss-reactive ketones (excluding diaryl/α,β-unsaturated/α-hetero) is 1. The van der Waals surface area contributed by atoms with Crippen LogP contribution in [0.1, 0.15) is 42.0 Å². The second kappa shape index (κ2) is 4.02. The van der Waals surface area contributed by atoms with Gasteiger partial charge >= 0.3 is 0 Å². The molecule has 0 atom stereocenters. The SMILES string of the molecule is Cc1cc2c(n1-c1cnccn1)CC(C)(C)CC2=O. The van der Waals surface area contributed by atoms with E-state index in [4.69, 9.17) is 0 Å². The molecule has 3 rings (SSSR count). The van der Waals surface area contributed by atoms with Gasteiger partial charge in [0.15, 0.2) is 11.6 Å². The van der Waals surface area contributed by atoms with Crippen molar-refractivity contribution in [3.63, 3.8) is 0 Å². The maximum Gasteiger partial charge on any atom is 0.165 e. The highest BCUT2D eigenvalue weighted by Crippen LogP contribution is 2.37. The Morgan fingerprint density at radius 3 is 2.74 bits per heavy atom. The van der Waals surface area contributed by atoms with Gasteiger partial charge < -0.3 is 4.57 Å². The van der Waals surface area contributed by atoms with Crippen LogP contribution in [0.5, 0.6) is 0 Å². The van der Waals surface area contributed by atoms with Crippen molar-refractivity contribution in [1.29, 1.82) is 0 Å². The average Bonchev–Trinajstić information content (AvgIpc) is 2.65. The van der Waals surface area contributed by atoms with Crippen LogP contribution >= 0.6 is 0 Å². The zero-order valence-electron chi connectivity index (χ0n) is 11.5. The standard InChI is InChI=1S/C15H17N3O/c1-10-6-11-12(7-15(2,3)8-13(11)19)18(10)14-9-16-4-5-17-14/h4-6,9H,7-8H2,1-3H3. The molecule has 2 aromatic rings. The number of nitrogens with zero attached hydrogens (tertiary/aromatic N) is 3. The van der Waals surface area contributed by atoms with Crippen molar-refractivity contribution in [2.45, 2.75) is 33.6 Å². The third-order valence-electron chi connectivity index (χ3n) is 3.65. The predicted molar refractivity (Wildman–Crippen MR) is 72.5 cm³/mol. The summed E-state index contributed by atoms with van der Waals surface area (Å²) >= 11 is 0. The van der Waals surface area contributed by atoms with Crippen LogP contribution in [0.25, 0.3) is 5.82 Å². The second-order valence-corrected chi connectivity index (χ2v) is 5.99. The van der Waals surface area contributed by atoms with E-state index in [1.54, 1.807) is 18.6 Å². The van der Waals surface area contributed by atoms with Gasteiger partial charge in [0.05, 0.1) is 6.20 Å². The number of fused-ring (bicyclic) bond motifs is 1. The Labute approximate surface area is 112 Å². The van der Waals surface area contributed by atoms with Crippen LogP contribution in [-0.2, 0) is 6.42 Å². The zero-order valence-corrected chi connectivity index (χ0v) is 11.5. The van der Waals surface area contributed by atoms with Gasteiger partial charge in [-0.3, -0.25) is 9.78 Å². The largest absolute Gasteiger partial charge is 0.301 e. The summed E-state index contributed by atoms with van der Waals surface area (Å²) in [6.07, 6.45) is 6.57. The van der Waals surface area contributed by atoms with E-state index in [0.717, 1.165) is 29.2 Å². The van der Waals surface area contributed by atoms with Crippen molar-refractivity contribution in [3.8, 4) is 5.82 Å². The molecule has 0 N–H and O–H groups in total.